The van der Waals surface area contributed by atoms with E-state index in [4.69, 9.17) is 4.74 Å². The standard InChI is InChI=1S/C21H28N4O2/c26-20(21(9-4-1-5-10-21)24-13-15-27-16-14-24)22-17-18-7-2-3-8-19(18)25-12-6-11-23-25/h2-3,6-8,11-12H,1,4-5,9-10,13-17H2,(H,22,26). The summed E-state index contributed by atoms with van der Waals surface area (Å²) < 4.78 is 7.37. The number of carbonyl (C=O) groups is 1. The molecular formula is C21H28N4O2. The molecule has 1 saturated carbocycles. The summed E-state index contributed by atoms with van der Waals surface area (Å²) in [5.74, 6) is 0.166. The molecule has 1 aliphatic carbocycles. The van der Waals surface area contributed by atoms with Crippen molar-refractivity contribution >= 4 is 5.91 Å². The summed E-state index contributed by atoms with van der Waals surface area (Å²) in [6, 6.07) is 10.0. The van der Waals surface area contributed by atoms with Gasteiger partial charge in [-0.05, 0) is 30.5 Å². The lowest BCUT2D eigenvalue weighted by Crippen LogP contribution is -2.62. The number of morpholine rings is 1. The fourth-order valence-corrected chi connectivity index (χ4v) is 4.45. The average molecular weight is 368 g/mol. The van der Waals surface area contributed by atoms with E-state index in [0.717, 1.165) is 63.2 Å². The number of carbonyl (C=O) groups excluding carboxylic acids is 1. The molecule has 2 aromatic rings. The van der Waals surface area contributed by atoms with E-state index in [1.807, 2.05) is 35.1 Å². The minimum Gasteiger partial charge on any atom is -0.379 e. The molecule has 4 rings (SSSR count). The van der Waals surface area contributed by atoms with Gasteiger partial charge >= 0.3 is 0 Å². The van der Waals surface area contributed by atoms with Gasteiger partial charge in [-0.3, -0.25) is 9.69 Å². The summed E-state index contributed by atoms with van der Waals surface area (Å²) >= 11 is 0. The SMILES string of the molecule is O=C(NCc1ccccc1-n1cccn1)C1(N2CCOCC2)CCCCC1. The Bertz CT molecular complexity index is 747. The highest BCUT2D eigenvalue weighted by Crippen LogP contribution is 2.34. The van der Waals surface area contributed by atoms with Gasteiger partial charge in [0.25, 0.3) is 0 Å². The number of hydrogen-bond donors (Lipinski definition) is 1. The third-order valence-corrected chi connectivity index (χ3v) is 5.90. The van der Waals surface area contributed by atoms with Crippen LogP contribution < -0.4 is 5.32 Å². The van der Waals surface area contributed by atoms with Gasteiger partial charge in [-0.15, -0.1) is 0 Å². The summed E-state index contributed by atoms with van der Waals surface area (Å²) in [5, 5.41) is 7.58. The summed E-state index contributed by atoms with van der Waals surface area (Å²) in [5.41, 5.74) is 1.71. The maximum Gasteiger partial charge on any atom is 0.240 e. The summed E-state index contributed by atoms with van der Waals surface area (Å²) in [6.07, 6.45) is 9.05. The van der Waals surface area contributed by atoms with Crippen molar-refractivity contribution in [2.45, 2.75) is 44.2 Å². The van der Waals surface area contributed by atoms with Crippen molar-refractivity contribution in [1.82, 2.24) is 20.0 Å². The smallest absolute Gasteiger partial charge is 0.240 e. The first-order chi connectivity index (χ1) is 13.3. The summed E-state index contributed by atoms with van der Waals surface area (Å²) in [7, 11) is 0. The Morgan fingerprint density at radius 3 is 2.63 bits per heavy atom. The number of benzene rings is 1. The fraction of sp³-hybridized carbons (Fsp3) is 0.524. The van der Waals surface area contributed by atoms with Gasteiger partial charge in [-0.1, -0.05) is 37.5 Å². The second kappa shape index (κ2) is 8.23. The first-order valence-electron chi connectivity index (χ1n) is 9.99. The lowest BCUT2D eigenvalue weighted by molar-refractivity contribution is -0.140. The van der Waals surface area contributed by atoms with Crippen LogP contribution in [0.15, 0.2) is 42.7 Å². The third-order valence-electron chi connectivity index (χ3n) is 5.90. The Hall–Kier alpha value is -2.18. The van der Waals surface area contributed by atoms with Crippen molar-refractivity contribution in [3.63, 3.8) is 0 Å². The molecule has 0 unspecified atom stereocenters. The van der Waals surface area contributed by atoms with E-state index >= 15 is 0 Å². The quantitative estimate of drug-likeness (QED) is 0.881. The first-order valence-corrected chi connectivity index (χ1v) is 9.99. The molecule has 1 aromatic heterocycles. The molecule has 144 valence electrons. The van der Waals surface area contributed by atoms with Crippen LogP contribution in [0.2, 0.25) is 0 Å². The zero-order valence-corrected chi connectivity index (χ0v) is 15.8. The largest absolute Gasteiger partial charge is 0.379 e. The summed E-state index contributed by atoms with van der Waals surface area (Å²) in [6.45, 7) is 3.64. The minimum absolute atomic E-state index is 0.166. The molecular weight excluding hydrogens is 340 g/mol. The van der Waals surface area contributed by atoms with Gasteiger partial charge in [0.2, 0.25) is 5.91 Å². The third kappa shape index (κ3) is 3.77. The van der Waals surface area contributed by atoms with Crippen LogP contribution in [0.5, 0.6) is 0 Å². The molecule has 0 radical (unpaired) electrons. The maximum absolute atomic E-state index is 13.4. The highest BCUT2D eigenvalue weighted by molar-refractivity contribution is 5.86. The molecule has 2 fully saturated rings. The number of aromatic nitrogens is 2. The molecule has 0 spiro atoms. The zero-order valence-electron chi connectivity index (χ0n) is 15.8. The molecule has 0 bridgehead atoms. The van der Waals surface area contributed by atoms with Crippen LogP contribution in [-0.2, 0) is 16.1 Å². The lowest BCUT2D eigenvalue weighted by Gasteiger charge is -2.46. The molecule has 1 aliphatic heterocycles. The molecule has 1 aromatic carbocycles. The van der Waals surface area contributed by atoms with Crippen LogP contribution in [0.1, 0.15) is 37.7 Å². The predicted octanol–water partition coefficient (Wildman–Crippen LogP) is 2.52. The second-order valence-corrected chi connectivity index (χ2v) is 7.45. The number of nitrogens with one attached hydrogen (secondary N) is 1. The Balaban J connectivity index is 1.51. The highest BCUT2D eigenvalue weighted by Gasteiger charge is 2.44. The molecule has 1 N–H and O–H groups in total. The predicted molar refractivity (Wildman–Crippen MR) is 104 cm³/mol. The van der Waals surface area contributed by atoms with Crippen LogP contribution in [0.4, 0.5) is 0 Å². The van der Waals surface area contributed by atoms with Gasteiger partial charge in [-0.2, -0.15) is 5.10 Å². The van der Waals surface area contributed by atoms with E-state index in [2.05, 4.69) is 21.4 Å². The molecule has 2 heterocycles. The number of rotatable bonds is 5. The van der Waals surface area contributed by atoms with Gasteiger partial charge in [-0.25, -0.2) is 4.68 Å². The molecule has 2 aliphatic rings. The van der Waals surface area contributed by atoms with Crippen LogP contribution in [-0.4, -0.2) is 52.4 Å². The van der Waals surface area contributed by atoms with E-state index < -0.39 is 0 Å². The molecule has 6 nitrogen and oxygen atoms in total. The normalized spacial score (nSPS) is 20.3. The topological polar surface area (TPSA) is 59.4 Å². The number of nitrogens with zero attached hydrogens (tertiary/aromatic N) is 3. The van der Waals surface area contributed by atoms with Crippen LogP contribution in [0.3, 0.4) is 0 Å². The zero-order chi connectivity index (χ0) is 18.5. The highest BCUT2D eigenvalue weighted by atomic mass is 16.5. The lowest BCUT2D eigenvalue weighted by atomic mass is 9.79. The monoisotopic (exact) mass is 368 g/mol. The number of ether oxygens (including phenoxy) is 1. The second-order valence-electron chi connectivity index (χ2n) is 7.45. The first kappa shape index (κ1) is 18.2. The number of amides is 1. The number of para-hydroxylation sites is 1. The van der Waals surface area contributed by atoms with Gasteiger partial charge in [0.15, 0.2) is 0 Å². The van der Waals surface area contributed by atoms with Gasteiger partial charge < -0.3 is 10.1 Å². The molecule has 27 heavy (non-hydrogen) atoms. The Morgan fingerprint density at radius 1 is 1.11 bits per heavy atom. The van der Waals surface area contributed by atoms with E-state index in [1.165, 1.54) is 6.42 Å². The van der Waals surface area contributed by atoms with Crippen molar-refractivity contribution in [2.75, 3.05) is 26.3 Å². The number of hydrogen-bond acceptors (Lipinski definition) is 4. The van der Waals surface area contributed by atoms with E-state index in [9.17, 15) is 4.79 Å². The van der Waals surface area contributed by atoms with Crippen molar-refractivity contribution in [2.24, 2.45) is 0 Å². The van der Waals surface area contributed by atoms with Crippen LogP contribution in [0, 0.1) is 0 Å². The Morgan fingerprint density at radius 2 is 1.89 bits per heavy atom. The van der Waals surface area contributed by atoms with Crippen molar-refractivity contribution < 1.29 is 9.53 Å². The minimum atomic E-state index is -0.372. The maximum atomic E-state index is 13.4. The van der Waals surface area contributed by atoms with E-state index in [1.54, 1.807) is 6.20 Å². The fourth-order valence-electron chi connectivity index (χ4n) is 4.45. The molecule has 1 amide bonds. The average Bonchev–Trinajstić information content (AvgIpc) is 3.28. The van der Waals surface area contributed by atoms with Crippen molar-refractivity contribution in [3.05, 3.63) is 48.3 Å². The van der Waals surface area contributed by atoms with Gasteiger partial charge in [0, 0.05) is 32.0 Å². The van der Waals surface area contributed by atoms with E-state index in [-0.39, 0.29) is 11.4 Å². The van der Waals surface area contributed by atoms with Crippen molar-refractivity contribution in [3.8, 4) is 5.69 Å². The van der Waals surface area contributed by atoms with Gasteiger partial charge in [0.1, 0.15) is 5.54 Å². The molecule has 1 saturated heterocycles. The Kier molecular flexibility index (Phi) is 5.55. The Labute approximate surface area is 160 Å². The molecule has 6 heteroatoms. The van der Waals surface area contributed by atoms with Gasteiger partial charge in [0.05, 0.1) is 18.9 Å². The van der Waals surface area contributed by atoms with Crippen LogP contribution >= 0.6 is 0 Å². The van der Waals surface area contributed by atoms with E-state index in [0.29, 0.717) is 6.54 Å². The van der Waals surface area contributed by atoms with Crippen LogP contribution in [0.25, 0.3) is 5.69 Å². The molecule has 0 atom stereocenters. The van der Waals surface area contributed by atoms with Crippen molar-refractivity contribution in [1.29, 1.82) is 0 Å². The summed E-state index contributed by atoms with van der Waals surface area (Å²) in [4.78, 5) is 15.7.